The molecule has 1 amide bonds. The summed E-state index contributed by atoms with van der Waals surface area (Å²) in [6, 6.07) is 3.83. The van der Waals surface area contributed by atoms with Crippen molar-refractivity contribution < 1.29 is 18.3 Å². The Labute approximate surface area is 93.3 Å². The van der Waals surface area contributed by atoms with Gasteiger partial charge in [0.05, 0.1) is 5.56 Å². The van der Waals surface area contributed by atoms with Gasteiger partial charge in [0.2, 0.25) is 10.0 Å². The van der Waals surface area contributed by atoms with Gasteiger partial charge in [0.15, 0.2) is 0 Å². The zero-order chi connectivity index (χ0) is 12.5. The number of hydrogen-bond acceptors (Lipinski definition) is 4. The van der Waals surface area contributed by atoms with E-state index in [0.29, 0.717) is 0 Å². The van der Waals surface area contributed by atoms with Crippen molar-refractivity contribution in [2.45, 2.75) is 4.90 Å². The van der Waals surface area contributed by atoms with Gasteiger partial charge in [0.1, 0.15) is 10.6 Å². The Kier molecular flexibility index (Phi) is 3.20. The van der Waals surface area contributed by atoms with E-state index in [1.807, 2.05) is 0 Å². The van der Waals surface area contributed by atoms with Gasteiger partial charge in [-0.2, -0.15) is 0 Å². The molecule has 1 aromatic carbocycles. The van der Waals surface area contributed by atoms with Crippen molar-refractivity contribution in [1.82, 2.24) is 4.90 Å². The number of hydrogen-bond donors (Lipinski definition) is 2. The van der Waals surface area contributed by atoms with Gasteiger partial charge in [-0.3, -0.25) is 4.79 Å². The quantitative estimate of drug-likeness (QED) is 0.748. The van der Waals surface area contributed by atoms with Crippen molar-refractivity contribution in [3.8, 4) is 5.75 Å². The van der Waals surface area contributed by atoms with E-state index in [2.05, 4.69) is 0 Å². The Bertz CT molecular complexity index is 522. The molecular weight excluding hydrogens is 232 g/mol. The molecular formula is C9H12N2O4S. The normalized spacial score (nSPS) is 11.2. The summed E-state index contributed by atoms with van der Waals surface area (Å²) in [6.07, 6.45) is 0. The number of primary sulfonamides is 1. The van der Waals surface area contributed by atoms with Gasteiger partial charge in [0, 0.05) is 14.1 Å². The molecule has 0 atom stereocenters. The van der Waals surface area contributed by atoms with Crippen LogP contribution in [0, 0.1) is 0 Å². The monoisotopic (exact) mass is 244 g/mol. The first-order chi connectivity index (χ1) is 7.25. The maximum atomic E-state index is 11.7. The number of carbonyl (C=O) groups excluding carboxylic acids is 1. The molecule has 7 heteroatoms. The summed E-state index contributed by atoms with van der Waals surface area (Å²) in [4.78, 5) is 12.3. The van der Waals surface area contributed by atoms with Gasteiger partial charge in [-0.25, -0.2) is 13.6 Å². The zero-order valence-electron chi connectivity index (χ0n) is 8.84. The van der Waals surface area contributed by atoms with Gasteiger partial charge < -0.3 is 10.0 Å². The average Bonchev–Trinajstić information content (AvgIpc) is 2.14. The Morgan fingerprint density at radius 2 is 1.94 bits per heavy atom. The summed E-state index contributed by atoms with van der Waals surface area (Å²) in [6.45, 7) is 0. The second kappa shape index (κ2) is 4.11. The third-order valence-corrected chi connectivity index (χ3v) is 2.91. The maximum Gasteiger partial charge on any atom is 0.254 e. The Balaban J connectivity index is 3.53. The molecule has 1 rings (SSSR count). The lowest BCUT2D eigenvalue weighted by Crippen LogP contribution is -2.25. The van der Waals surface area contributed by atoms with Gasteiger partial charge >= 0.3 is 0 Å². The first-order valence-corrected chi connectivity index (χ1v) is 5.86. The average molecular weight is 244 g/mol. The summed E-state index contributed by atoms with van der Waals surface area (Å²) in [5.41, 5.74) is -0.146. The molecule has 1 aromatic rings. The van der Waals surface area contributed by atoms with Crippen molar-refractivity contribution >= 4 is 15.9 Å². The molecule has 0 aliphatic heterocycles. The smallest absolute Gasteiger partial charge is 0.254 e. The molecule has 6 nitrogen and oxygen atoms in total. The number of amides is 1. The molecule has 0 aliphatic rings. The molecule has 0 aromatic heterocycles. The minimum absolute atomic E-state index is 0.146. The van der Waals surface area contributed by atoms with Crippen molar-refractivity contribution in [1.29, 1.82) is 0 Å². The summed E-state index contributed by atoms with van der Waals surface area (Å²) in [5.74, 6) is -1.07. The molecule has 0 saturated heterocycles. The van der Waals surface area contributed by atoms with Crippen molar-refractivity contribution in [2.75, 3.05) is 14.1 Å². The zero-order valence-corrected chi connectivity index (χ0v) is 9.65. The molecule has 16 heavy (non-hydrogen) atoms. The lowest BCUT2D eigenvalue weighted by atomic mass is 10.2. The van der Waals surface area contributed by atoms with Crippen LogP contribution in [0.3, 0.4) is 0 Å². The molecule has 0 radical (unpaired) electrons. The molecule has 0 saturated carbocycles. The van der Waals surface area contributed by atoms with Crippen LogP contribution in [0.25, 0.3) is 0 Å². The van der Waals surface area contributed by atoms with Gasteiger partial charge in [-0.15, -0.1) is 0 Å². The number of rotatable bonds is 2. The minimum Gasteiger partial charge on any atom is -0.507 e. The largest absolute Gasteiger partial charge is 0.507 e. The topological polar surface area (TPSA) is 101 Å². The number of phenolic OH excluding ortho intramolecular Hbond substituents is 1. The van der Waals surface area contributed by atoms with Gasteiger partial charge in [-0.1, -0.05) is 6.07 Å². The number of phenols is 1. The van der Waals surface area contributed by atoms with Crippen LogP contribution in [0.2, 0.25) is 0 Å². The van der Waals surface area contributed by atoms with E-state index in [9.17, 15) is 18.3 Å². The number of benzene rings is 1. The van der Waals surface area contributed by atoms with E-state index in [-0.39, 0.29) is 5.56 Å². The molecule has 0 unspecified atom stereocenters. The maximum absolute atomic E-state index is 11.7. The summed E-state index contributed by atoms with van der Waals surface area (Å²) in [7, 11) is -1.20. The second-order valence-corrected chi connectivity index (χ2v) is 4.90. The number of aromatic hydroxyl groups is 1. The Hall–Kier alpha value is -1.60. The fraction of sp³-hybridized carbons (Fsp3) is 0.222. The van der Waals surface area contributed by atoms with E-state index in [1.165, 1.54) is 31.1 Å². The van der Waals surface area contributed by atoms with Crippen LogP contribution in [0.4, 0.5) is 0 Å². The molecule has 0 spiro atoms. The molecule has 3 N–H and O–H groups in total. The lowest BCUT2D eigenvalue weighted by Gasteiger charge is -2.13. The summed E-state index contributed by atoms with van der Waals surface area (Å²) in [5, 5.41) is 14.4. The molecule has 0 fully saturated rings. The van der Waals surface area contributed by atoms with Crippen molar-refractivity contribution in [3.63, 3.8) is 0 Å². The highest BCUT2D eigenvalue weighted by Crippen LogP contribution is 2.25. The van der Waals surface area contributed by atoms with Crippen molar-refractivity contribution in [3.05, 3.63) is 23.8 Å². The van der Waals surface area contributed by atoms with E-state index >= 15 is 0 Å². The fourth-order valence-corrected chi connectivity index (χ4v) is 2.05. The number of nitrogens with two attached hydrogens (primary N) is 1. The minimum atomic E-state index is -4.14. The first kappa shape index (κ1) is 12.5. The number of sulfonamides is 1. The predicted molar refractivity (Wildman–Crippen MR) is 57.5 cm³/mol. The highest BCUT2D eigenvalue weighted by atomic mass is 32.2. The third-order valence-electron chi connectivity index (χ3n) is 1.92. The fourth-order valence-electron chi connectivity index (χ4n) is 1.23. The van der Waals surface area contributed by atoms with Crippen LogP contribution in [0.15, 0.2) is 23.1 Å². The summed E-state index contributed by atoms with van der Waals surface area (Å²) < 4.78 is 22.5. The van der Waals surface area contributed by atoms with E-state index in [1.54, 1.807) is 0 Å². The van der Waals surface area contributed by atoms with Crippen molar-refractivity contribution in [2.24, 2.45) is 5.14 Å². The molecule has 88 valence electrons. The standard InChI is InChI=1S/C9H12N2O4S/c1-11(2)9(13)6-4-3-5-7(12)8(6)16(10,14)15/h3-5,12H,1-2H3,(H2,10,14,15). The Morgan fingerprint density at radius 1 is 1.38 bits per heavy atom. The van der Waals surface area contributed by atoms with E-state index < -0.39 is 26.6 Å². The molecule has 0 heterocycles. The second-order valence-electron chi connectivity index (χ2n) is 3.40. The number of nitrogens with zero attached hydrogens (tertiary/aromatic N) is 1. The van der Waals surface area contributed by atoms with Gasteiger partial charge in [-0.05, 0) is 12.1 Å². The van der Waals surface area contributed by atoms with Crippen LogP contribution in [0.1, 0.15) is 10.4 Å². The number of carbonyl (C=O) groups is 1. The summed E-state index contributed by atoms with van der Waals surface area (Å²) >= 11 is 0. The first-order valence-electron chi connectivity index (χ1n) is 4.31. The molecule has 0 bridgehead atoms. The highest BCUT2D eigenvalue weighted by Gasteiger charge is 2.23. The predicted octanol–water partition coefficient (Wildman–Crippen LogP) is -0.259. The lowest BCUT2D eigenvalue weighted by molar-refractivity contribution is 0.0823. The van der Waals surface area contributed by atoms with Crippen LogP contribution in [-0.2, 0) is 10.0 Å². The Morgan fingerprint density at radius 3 is 2.38 bits per heavy atom. The van der Waals surface area contributed by atoms with Crippen LogP contribution >= 0.6 is 0 Å². The SMILES string of the molecule is CN(C)C(=O)c1cccc(O)c1S(N)(=O)=O. The van der Waals surface area contributed by atoms with Crippen LogP contribution in [-0.4, -0.2) is 38.4 Å². The third kappa shape index (κ3) is 2.31. The molecule has 0 aliphatic carbocycles. The van der Waals surface area contributed by atoms with Crippen LogP contribution < -0.4 is 5.14 Å². The van der Waals surface area contributed by atoms with Crippen LogP contribution in [0.5, 0.6) is 5.75 Å². The van der Waals surface area contributed by atoms with E-state index in [0.717, 1.165) is 6.07 Å². The van der Waals surface area contributed by atoms with Gasteiger partial charge in [0.25, 0.3) is 5.91 Å². The highest BCUT2D eigenvalue weighted by molar-refractivity contribution is 7.89. The van der Waals surface area contributed by atoms with E-state index in [4.69, 9.17) is 5.14 Å².